The predicted octanol–water partition coefficient (Wildman–Crippen LogP) is 2.52. The molecule has 0 aliphatic rings. The van der Waals surface area contributed by atoms with Gasteiger partial charge in [0.15, 0.2) is 6.61 Å². The first-order valence-corrected chi connectivity index (χ1v) is 8.81. The number of methoxy groups -OCH3 is 2. The van der Waals surface area contributed by atoms with Gasteiger partial charge in [-0.2, -0.15) is 0 Å². The maximum absolute atomic E-state index is 12.0. The van der Waals surface area contributed by atoms with Crippen LogP contribution in [0.3, 0.4) is 0 Å². The maximum atomic E-state index is 12.0. The summed E-state index contributed by atoms with van der Waals surface area (Å²) in [5.41, 5.74) is 0.256. The number of anilines is 1. The Kier molecular flexibility index (Phi) is 7.46. The van der Waals surface area contributed by atoms with Crippen LogP contribution in [0.2, 0.25) is 0 Å². The Balaban J connectivity index is 2.01. The Morgan fingerprint density at radius 1 is 1.04 bits per heavy atom. The number of thiophene rings is 1. The molecule has 1 aromatic carbocycles. The minimum absolute atomic E-state index is 0.0524. The average Bonchev–Trinajstić information content (AvgIpc) is 3.22. The van der Waals surface area contributed by atoms with E-state index in [0.717, 1.165) is 4.88 Å². The number of carbonyl (C=O) groups is 4. The quantitative estimate of drug-likeness (QED) is 0.430. The Morgan fingerprint density at radius 2 is 1.68 bits per heavy atom. The van der Waals surface area contributed by atoms with Crippen molar-refractivity contribution in [3.8, 4) is 0 Å². The van der Waals surface area contributed by atoms with Crippen LogP contribution >= 0.6 is 11.3 Å². The number of hydrogen-bond donors (Lipinski definition) is 1. The van der Waals surface area contributed by atoms with Gasteiger partial charge in [-0.3, -0.25) is 4.79 Å². The minimum Gasteiger partial charge on any atom is -0.465 e. The Morgan fingerprint density at radius 3 is 2.21 bits per heavy atom. The summed E-state index contributed by atoms with van der Waals surface area (Å²) in [7, 11) is 2.38. The van der Waals surface area contributed by atoms with E-state index in [4.69, 9.17) is 4.74 Å². The summed E-state index contributed by atoms with van der Waals surface area (Å²) in [6.07, 6.45) is 2.79. The number of esters is 3. The third-order valence-corrected chi connectivity index (χ3v) is 4.17. The van der Waals surface area contributed by atoms with Crippen molar-refractivity contribution in [1.82, 2.24) is 0 Å². The van der Waals surface area contributed by atoms with Gasteiger partial charge in [0.2, 0.25) is 0 Å². The van der Waals surface area contributed by atoms with Gasteiger partial charge in [0.05, 0.1) is 25.3 Å². The predicted molar refractivity (Wildman–Crippen MR) is 102 cm³/mol. The molecular weight excluding hydrogens is 386 g/mol. The van der Waals surface area contributed by atoms with E-state index in [2.05, 4.69) is 14.8 Å². The summed E-state index contributed by atoms with van der Waals surface area (Å²) in [4.78, 5) is 48.0. The third-order valence-electron chi connectivity index (χ3n) is 3.33. The van der Waals surface area contributed by atoms with Crippen LogP contribution in [-0.2, 0) is 23.8 Å². The van der Waals surface area contributed by atoms with Crippen LogP contribution in [0.25, 0.3) is 6.08 Å². The summed E-state index contributed by atoms with van der Waals surface area (Å²) in [6.45, 7) is -0.538. The first kappa shape index (κ1) is 20.8. The summed E-state index contributed by atoms with van der Waals surface area (Å²) in [6, 6.07) is 7.61. The molecule has 0 saturated heterocycles. The molecular formula is C19H17NO7S. The van der Waals surface area contributed by atoms with E-state index < -0.39 is 30.4 Å². The molecule has 8 nitrogen and oxygen atoms in total. The molecule has 1 N–H and O–H groups in total. The number of nitrogens with one attached hydrogen (secondary N) is 1. The number of rotatable bonds is 7. The lowest BCUT2D eigenvalue weighted by Crippen LogP contribution is -2.20. The van der Waals surface area contributed by atoms with Gasteiger partial charge >= 0.3 is 17.9 Å². The van der Waals surface area contributed by atoms with E-state index in [9.17, 15) is 19.2 Å². The van der Waals surface area contributed by atoms with Gasteiger partial charge in [0.25, 0.3) is 5.91 Å². The van der Waals surface area contributed by atoms with Crippen LogP contribution < -0.4 is 5.32 Å². The molecule has 28 heavy (non-hydrogen) atoms. The lowest BCUT2D eigenvalue weighted by molar-refractivity contribution is -0.142. The molecule has 0 aliphatic heterocycles. The van der Waals surface area contributed by atoms with Crippen LogP contribution in [0, 0.1) is 0 Å². The van der Waals surface area contributed by atoms with Crippen molar-refractivity contribution in [1.29, 1.82) is 0 Å². The highest BCUT2D eigenvalue weighted by atomic mass is 32.1. The topological polar surface area (TPSA) is 108 Å². The van der Waals surface area contributed by atoms with Crippen molar-refractivity contribution >= 4 is 46.9 Å². The van der Waals surface area contributed by atoms with Crippen molar-refractivity contribution in [2.75, 3.05) is 26.1 Å². The zero-order valence-corrected chi connectivity index (χ0v) is 15.9. The van der Waals surface area contributed by atoms with Crippen molar-refractivity contribution < 1.29 is 33.4 Å². The van der Waals surface area contributed by atoms with Gasteiger partial charge in [-0.1, -0.05) is 6.07 Å². The van der Waals surface area contributed by atoms with Crippen molar-refractivity contribution in [2.45, 2.75) is 0 Å². The highest BCUT2D eigenvalue weighted by molar-refractivity contribution is 7.10. The van der Waals surface area contributed by atoms with Crippen molar-refractivity contribution in [2.24, 2.45) is 0 Å². The van der Waals surface area contributed by atoms with Gasteiger partial charge in [0.1, 0.15) is 0 Å². The van der Waals surface area contributed by atoms with Gasteiger partial charge in [-0.05, 0) is 35.7 Å². The van der Waals surface area contributed by atoms with Crippen molar-refractivity contribution in [3.63, 3.8) is 0 Å². The van der Waals surface area contributed by atoms with Crippen LogP contribution in [0.5, 0.6) is 0 Å². The number of amides is 1. The van der Waals surface area contributed by atoms with E-state index in [1.165, 1.54) is 49.8 Å². The molecule has 0 aliphatic carbocycles. The molecule has 9 heteroatoms. The molecule has 0 atom stereocenters. The molecule has 1 aromatic heterocycles. The second-order valence-electron chi connectivity index (χ2n) is 5.29. The molecule has 2 aromatic rings. The number of benzene rings is 1. The largest absolute Gasteiger partial charge is 0.465 e. The van der Waals surface area contributed by atoms with E-state index in [1.807, 2.05) is 17.5 Å². The first-order valence-electron chi connectivity index (χ1n) is 7.93. The molecule has 146 valence electrons. The monoisotopic (exact) mass is 403 g/mol. The minimum atomic E-state index is -0.689. The van der Waals surface area contributed by atoms with Crippen LogP contribution in [0.4, 0.5) is 5.69 Å². The second-order valence-corrected chi connectivity index (χ2v) is 6.27. The molecule has 1 amide bonds. The first-order chi connectivity index (χ1) is 13.4. The second kappa shape index (κ2) is 10.0. The summed E-state index contributed by atoms with van der Waals surface area (Å²) in [5.74, 6) is -2.70. The number of hydrogen-bond acceptors (Lipinski definition) is 8. The van der Waals surface area contributed by atoms with Crippen LogP contribution in [-0.4, -0.2) is 44.6 Å². The number of ether oxygens (including phenoxy) is 3. The fraction of sp³-hybridized carbons (Fsp3) is 0.158. The van der Waals surface area contributed by atoms with Gasteiger partial charge < -0.3 is 19.5 Å². The summed E-state index contributed by atoms with van der Waals surface area (Å²) in [5, 5.41) is 4.32. The highest BCUT2D eigenvalue weighted by Gasteiger charge is 2.15. The van der Waals surface area contributed by atoms with E-state index >= 15 is 0 Å². The van der Waals surface area contributed by atoms with E-state index in [1.54, 1.807) is 6.08 Å². The normalized spacial score (nSPS) is 10.4. The van der Waals surface area contributed by atoms with E-state index in [0.29, 0.717) is 0 Å². The fourth-order valence-corrected chi connectivity index (χ4v) is 2.71. The maximum Gasteiger partial charge on any atom is 0.337 e. The van der Waals surface area contributed by atoms with Gasteiger partial charge in [-0.25, -0.2) is 14.4 Å². The lowest BCUT2D eigenvalue weighted by Gasteiger charge is -2.09. The van der Waals surface area contributed by atoms with Gasteiger partial charge in [0, 0.05) is 16.6 Å². The Bertz CT molecular complexity index is 869. The zero-order chi connectivity index (χ0) is 20.5. The fourth-order valence-electron chi connectivity index (χ4n) is 2.09. The molecule has 0 radical (unpaired) electrons. The zero-order valence-electron chi connectivity index (χ0n) is 15.1. The molecule has 2 rings (SSSR count). The van der Waals surface area contributed by atoms with Crippen LogP contribution in [0.1, 0.15) is 25.6 Å². The Hall–Kier alpha value is -3.46. The molecule has 0 bridgehead atoms. The molecule has 0 fully saturated rings. The smallest absolute Gasteiger partial charge is 0.337 e. The molecule has 0 spiro atoms. The Labute approximate surface area is 164 Å². The van der Waals surface area contributed by atoms with E-state index in [-0.39, 0.29) is 16.8 Å². The highest BCUT2D eigenvalue weighted by Crippen LogP contribution is 2.17. The average molecular weight is 403 g/mol. The SMILES string of the molecule is COC(=O)c1cc(NC(=O)COC(=O)/C=C/c2cccs2)cc(C(=O)OC)c1. The van der Waals surface area contributed by atoms with Crippen LogP contribution in [0.15, 0.2) is 41.8 Å². The van der Waals surface area contributed by atoms with Gasteiger partial charge in [-0.15, -0.1) is 11.3 Å². The standard InChI is InChI=1S/C19H17NO7S/c1-25-18(23)12-8-13(19(24)26-2)10-14(9-12)20-16(21)11-27-17(22)6-5-15-4-3-7-28-15/h3-10H,11H2,1-2H3,(H,20,21)/b6-5+. The molecule has 1 heterocycles. The third kappa shape index (κ3) is 6.06. The summed E-state index contributed by atoms with van der Waals surface area (Å²) < 4.78 is 14.1. The summed E-state index contributed by atoms with van der Waals surface area (Å²) >= 11 is 1.45. The van der Waals surface area contributed by atoms with Crippen molar-refractivity contribution in [3.05, 3.63) is 57.8 Å². The molecule has 0 unspecified atom stereocenters. The number of carbonyl (C=O) groups excluding carboxylic acids is 4. The lowest BCUT2D eigenvalue weighted by atomic mass is 10.1. The molecule has 0 saturated carbocycles.